The van der Waals surface area contributed by atoms with E-state index in [-0.39, 0.29) is 12.1 Å². The monoisotopic (exact) mass is 508 g/mol. The first kappa shape index (κ1) is 25.6. The Morgan fingerprint density at radius 3 is 2.16 bits per heavy atom. The molecule has 4 aromatic rings. The van der Waals surface area contributed by atoms with E-state index in [0.717, 1.165) is 59.2 Å². The quantitative estimate of drug-likeness (QED) is 0.229. The van der Waals surface area contributed by atoms with Crippen LogP contribution in [0.5, 0.6) is 0 Å². The van der Waals surface area contributed by atoms with E-state index in [9.17, 15) is 4.79 Å². The number of aromatic amines is 1. The first-order valence-electron chi connectivity index (χ1n) is 13.8. The number of nitrogens with one attached hydrogen (secondary N) is 2. The SMILES string of the molecule is CCCCC(CCCC)C1Nc2ccccc2C(=O)N1Cc1ccc(-c2ccccc2-c2nn[nH]n2)cc1. The van der Waals surface area contributed by atoms with Crippen molar-refractivity contribution >= 4 is 11.6 Å². The zero-order valence-electron chi connectivity index (χ0n) is 22.2. The molecule has 7 heteroatoms. The first-order chi connectivity index (χ1) is 18.7. The van der Waals surface area contributed by atoms with Crippen molar-refractivity contribution in [1.82, 2.24) is 25.5 Å². The van der Waals surface area contributed by atoms with Gasteiger partial charge in [-0.05, 0) is 52.8 Å². The van der Waals surface area contributed by atoms with Crippen LogP contribution in [-0.2, 0) is 6.54 Å². The van der Waals surface area contributed by atoms with Crippen LogP contribution in [0.2, 0.25) is 0 Å². The molecule has 1 aromatic heterocycles. The van der Waals surface area contributed by atoms with Crippen LogP contribution in [0.15, 0.2) is 72.8 Å². The van der Waals surface area contributed by atoms with Gasteiger partial charge < -0.3 is 10.2 Å². The van der Waals surface area contributed by atoms with E-state index in [1.165, 1.54) is 12.8 Å². The van der Waals surface area contributed by atoms with Crippen LogP contribution in [0.25, 0.3) is 22.5 Å². The van der Waals surface area contributed by atoms with Crippen LogP contribution < -0.4 is 5.32 Å². The maximum absolute atomic E-state index is 13.8. The second-order valence-corrected chi connectivity index (χ2v) is 10.1. The molecule has 2 heterocycles. The average Bonchev–Trinajstić information content (AvgIpc) is 3.50. The van der Waals surface area contributed by atoms with Crippen LogP contribution in [0.1, 0.15) is 68.3 Å². The van der Waals surface area contributed by atoms with Gasteiger partial charge in [0.05, 0.1) is 5.56 Å². The molecule has 0 saturated carbocycles. The van der Waals surface area contributed by atoms with Gasteiger partial charge in [-0.3, -0.25) is 4.79 Å². The van der Waals surface area contributed by atoms with Crippen molar-refractivity contribution in [3.05, 3.63) is 83.9 Å². The maximum atomic E-state index is 13.8. The molecule has 1 amide bonds. The summed E-state index contributed by atoms with van der Waals surface area (Å²) < 4.78 is 0. The lowest BCUT2D eigenvalue weighted by Gasteiger charge is -2.42. The summed E-state index contributed by atoms with van der Waals surface area (Å²) >= 11 is 0. The van der Waals surface area contributed by atoms with Gasteiger partial charge in [0.25, 0.3) is 5.91 Å². The molecule has 1 aliphatic heterocycles. The zero-order valence-corrected chi connectivity index (χ0v) is 22.2. The molecule has 7 nitrogen and oxygen atoms in total. The highest BCUT2D eigenvalue weighted by atomic mass is 16.2. The highest BCUT2D eigenvalue weighted by Gasteiger charge is 2.36. The summed E-state index contributed by atoms with van der Waals surface area (Å²) in [7, 11) is 0. The number of rotatable bonds is 11. The summed E-state index contributed by atoms with van der Waals surface area (Å²) in [5, 5.41) is 18.3. The topological polar surface area (TPSA) is 86.8 Å². The van der Waals surface area contributed by atoms with Crippen LogP contribution in [0, 0.1) is 5.92 Å². The van der Waals surface area contributed by atoms with Crippen molar-refractivity contribution < 1.29 is 4.79 Å². The molecule has 0 fully saturated rings. The number of unbranched alkanes of at least 4 members (excludes halogenated alkanes) is 2. The standard InChI is InChI=1S/C31H36N6O/c1-3-5-11-24(12-6-4-2)30-32-28-16-10-9-15-27(28)31(38)37(30)21-22-17-19-23(20-18-22)25-13-7-8-14-26(25)29-33-35-36-34-29/h7-10,13-20,24,30,32H,3-6,11-12,21H2,1-2H3,(H,33,34,35,36). The van der Waals surface area contributed by atoms with E-state index in [1.54, 1.807) is 0 Å². The highest BCUT2D eigenvalue weighted by Crippen LogP contribution is 2.34. The Morgan fingerprint density at radius 1 is 0.842 bits per heavy atom. The van der Waals surface area contributed by atoms with E-state index in [2.05, 4.69) is 75.0 Å². The van der Waals surface area contributed by atoms with Crippen molar-refractivity contribution in [3.63, 3.8) is 0 Å². The maximum Gasteiger partial charge on any atom is 0.257 e. The van der Waals surface area contributed by atoms with Gasteiger partial charge in [0.2, 0.25) is 5.82 Å². The molecular formula is C31H36N6O. The van der Waals surface area contributed by atoms with E-state index in [1.807, 2.05) is 42.5 Å². The van der Waals surface area contributed by atoms with Gasteiger partial charge in [-0.1, -0.05) is 100 Å². The zero-order chi connectivity index (χ0) is 26.3. The average molecular weight is 509 g/mol. The fourth-order valence-electron chi connectivity index (χ4n) is 5.44. The molecule has 0 aliphatic carbocycles. The lowest BCUT2D eigenvalue weighted by molar-refractivity contribution is 0.0583. The minimum Gasteiger partial charge on any atom is -0.364 e. The lowest BCUT2D eigenvalue weighted by atomic mass is 9.89. The van der Waals surface area contributed by atoms with Crippen LogP contribution in [0.4, 0.5) is 5.69 Å². The van der Waals surface area contributed by atoms with Crippen molar-refractivity contribution in [2.45, 2.75) is 65.1 Å². The number of aromatic nitrogens is 4. The summed E-state index contributed by atoms with van der Waals surface area (Å²) in [6, 6.07) is 24.4. The number of carbonyl (C=O) groups is 1. The predicted molar refractivity (Wildman–Crippen MR) is 151 cm³/mol. The number of benzene rings is 3. The van der Waals surface area contributed by atoms with Crippen molar-refractivity contribution in [2.24, 2.45) is 5.92 Å². The van der Waals surface area contributed by atoms with Gasteiger partial charge in [-0.15, -0.1) is 10.2 Å². The van der Waals surface area contributed by atoms with Crippen LogP contribution >= 0.6 is 0 Å². The van der Waals surface area contributed by atoms with Crippen molar-refractivity contribution in [1.29, 1.82) is 0 Å². The molecule has 0 radical (unpaired) electrons. The Bertz CT molecular complexity index is 1330. The Hall–Kier alpha value is -4.00. The number of anilines is 1. The normalized spacial score (nSPS) is 15.0. The van der Waals surface area contributed by atoms with Gasteiger partial charge in [-0.2, -0.15) is 5.21 Å². The van der Waals surface area contributed by atoms with Crippen molar-refractivity contribution in [3.8, 4) is 22.5 Å². The molecule has 3 aromatic carbocycles. The van der Waals surface area contributed by atoms with Gasteiger partial charge in [0.15, 0.2) is 0 Å². The Balaban J connectivity index is 1.43. The summed E-state index contributed by atoms with van der Waals surface area (Å²) in [5.41, 5.74) is 5.85. The first-order valence-corrected chi connectivity index (χ1v) is 13.8. The minimum atomic E-state index is -0.0193. The molecule has 0 bridgehead atoms. The number of hydrogen-bond donors (Lipinski definition) is 2. The predicted octanol–water partition coefficient (Wildman–Crippen LogP) is 6.92. The molecule has 1 unspecified atom stereocenters. The van der Waals surface area contributed by atoms with E-state index < -0.39 is 0 Å². The third-order valence-electron chi connectivity index (χ3n) is 7.49. The molecular weight excluding hydrogens is 472 g/mol. The summed E-state index contributed by atoms with van der Waals surface area (Å²) in [6.45, 7) is 5.04. The fourth-order valence-corrected chi connectivity index (χ4v) is 5.44. The molecule has 1 aliphatic rings. The number of amides is 1. The molecule has 0 spiro atoms. The van der Waals surface area contributed by atoms with Crippen LogP contribution in [-0.4, -0.2) is 37.6 Å². The van der Waals surface area contributed by atoms with E-state index in [0.29, 0.717) is 18.3 Å². The molecule has 5 rings (SSSR count). The minimum absolute atomic E-state index is 0.0193. The van der Waals surface area contributed by atoms with E-state index >= 15 is 0 Å². The summed E-state index contributed by atoms with van der Waals surface area (Å²) in [5.74, 6) is 1.09. The van der Waals surface area contributed by atoms with E-state index in [4.69, 9.17) is 0 Å². The summed E-state index contributed by atoms with van der Waals surface area (Å²) in [6.07, 6.45) is 6.88. The molecule has 1 atom stereocenters. The highest BCUT2D eigenvalue weighted by molar-refractivity contribution is 6.01. The molecule has 38 heavy (non-hydrogen) atoms. The molecule has 2 N–H and O–H groups in total. The van der Waals surface area contributed by atoms with Gasteiger partial charge in [-0.25, -0.2) is 0 Å². The van der Waals surface area contributed by atoms with Gasteiger partial charge in [0, 0.05) is 17.8 Å². The van der Waals surface area contributed by atoms with Crippen LogP contribution in [0.3, 0.4) is 0 Å². The second kappa shape index (κ2) is 12.0. The smallest absolute Gasteiger partial charge is 0.257 e. The summed E-state index contributed by atoms with van der Waals surface area (Å²) in [4.78, 5) is 15.9. The fraction of sp³-hybridized carbons (Fsp3) is 0.355. The number of carbonyl (C=O) groups excluding carboxylic acids is 1. The third-order valence-corrected chi connectivity index (χ3v) is 7.49. The number of H-pyrrole nitrogens is 1. The second-order valence-electron chi connectivity index (χ2n) is 10.1. The Morgan fingerprint density at radius 2 is 1.50 bits per heavy atom. The Kier molecular flexibility index (Phi) is 8.12. The number of hydrogen-bond acceptors (Lipinski definition) is 5. The Labute approximate surface area is 224 Å². The lowest BCUT2D eigenvalue weighted by Crippen LogP contribution is -2.52. The number of nitrogens with zero attached hydrogens (tertiary/aromatic N) is 4. The molecule has 196 valence electrons. The number of fused-ring (bicyclic) bond motifs is 1. The van der Waals surface area contributed by atoms with Gasteiger partial charge >= 0.3 is 0 Å². The third kappa shape index (κ3) is 5.47. The molecule has 0 saturated heterocycles. The van der Waals surface area contributed by atoms with Crippen molar-refractivity contribution in [2.75, 3.05) is 5.32 Å². The largest absolute Gasteiger partial charge is 0.364 e. The number of para-hydroxylation sites is 1. The number of tetrazole rings is 1. The van der Waals surface area contributed by atoms with Gasteiger partial charge in [0.1, 0.15) is 6.17 Å².